The lowest BCUT2D eigenvalue weighted by molar-refractivity contribution is -0.140. The Labute approximate surface area is 114 Å². The van der Waals surface area contributed by atoms with Crippen LogP contribution >= 0.6 is 0 Å². The van der Waals surface area contributed by atoms with Crippen LogP contribution in [-0.2, 0) is 9.59 Å². The molecule has 1 aromatic rings. The van der Waals surface area contributed by atoms with Crippen molar-refractivity contribution in [1.82, 2.24) is 5.32 Å². The van der Waals surface area contributed by atoms with Crippen LogP contribution in [0.1, 0.15) is 12.0 Å². The minimum Gasteiger partial charge on any atom is -0.480 e. The monoisotopic (exact) mass is 283 g/mol. The van der Waals surface area contributed by atoms with Gasteiger partial charge in [-0.05, 0) is 18.6 Å². The van der Waals surface area contributed by atoms with Crippen molar-refractivity contribution >= 4 is 23.6 Å². The number of nitrogens with one attached hydrogen (secondary N) is 2. The average Bonchev–Trinajstić information content (AvgIpc) is 2.32. The molecular formula is C12H14FN3O4. The number of hydrogen-bond acceptors (Lipinski definition) is 3. The Morgan fingerprint density at radius 3 is 2.55 bits per heavy atom. The van der Waals surface area contributed by atoms with Crippen LogP contribution in [0, 0.1) is 12.7 Å². The van der Waals surface area contributed by atoms with Gasteiger partial charge < -0.3 is 21.5 Å². The van der Waals surface area contributed by atoms with E-state index in [1.165, 1.54) is 6.07 Å². The summed E-state index contributed by atoms with van der Waals surface area (Å²) < 4.78 is 13.5. The van der Waals surface area contributed by atoms with Crippen molar-refractivity contribution in [3.05, 3.63) is 29.6 Å². The van der Waals surface area contributed by atoms with Crippen molar-refractivity contribution in [2.24, 2.45) is 5.73 Å². The molecule has 0 aliphatic heterocycles. The molecule has 3 amide bonds. The minimum atomic E-state index is -1.47. The first kappa shape index (κ1) is 15.4. The lowest BCUT2D eigenvalue weighted by Crippen LogP contribution is -2.45. The molecule has 0 aliphatic rings. The lowest BCUT2D eigenvalue weighted by Gasteiger charge is -2.15. The van der Waals surface area contributed by atoms with E-state index >= 15 is 0 Å². The normalized spacial score (nSPS) is 11.5. The summed E-state index contributed by atoms with van der Waals surface area (Å²) in [6, 6.07) is 1.80. The zero-order chi connectivity index (χ0) is 15.3. The molecule has 20 heavy (non-hydrogen) atoms. The zero-order valence-corrected chi connectivity index (χ0v) is 10.6. The van der Waals surface area contributed by atoms with Gasteiger partial charge in [-0.3, -0.25) is 4.79 Å². The topological polar surface area (TPSA) is 122 Å². The maximum atomic E-state index is 13.5. The van der Waals surface area contributed by atoms with Crippen LogP contribution < -0.4 is 16.4 Å². The molecule has 0 saturated heterocycles. The van der Waals surface area contributed by atoms with Gasteiger partial charge in [-0.15, -0.1) is 0 Å². The van der Waals surface area contributed by atoms with Crippen LogP contribution in [-0.4, -0.2) is 29.1 Å². The summed E-state index contributed by atoms with van der Waals surface area (Å²) >= 11 is 0. The molecule has 1 unspecified atom stereocenters. The van der Waals surface area contributed by atoms with Crippen molar-refractivity contribution in [3.8, 4) is 0 Å². The first-order chi connectivity index (χ1) is 9.31. The van der Waals surface area contributed by atoms with Crippen molar-refractivity contribution in [2.45, 2.75) is 19.4 Å². The van der Waals surface area contributed by atoms with Gasteiger partial charge in [0, 0.05) is 0 Å². The summed E-state index contributed by atoms with van der Waals surface area (Å²) in [4.78, 5) is 33.1. The van der Waals surface area contributed by atoms with E-state index in [0.29, 0.717) is 5.56 Å². The van der Waals surface area contributed by atoms with Crippen LogP contribution in [0.2, 0.25) is 0 Å². The van der Waals surface area contributed by atoms with Gasteiger partial charge in [-0.25, -0.2) is 14.0 Å². The van der Waals surface area contributed by atoms with Crippen molar-refractivity contribution < 1.29 is 23.9 Å². The largest absolute Gasteiger partial charge is 0.480 e. The van der Waals surface area contributed by atoms with Gasteiger partial charge in [0.05, 0.1) is 12.1 Å². The highest BCUT2D eigenvalue weighted by molar-refractivity contribution is 5.94. The number of anilines is 1. The number of carbonyl (C=O) groups is 3. The molecule has 0 spiro atoms. The number of amides is 3. The summed E-state index contributed by atoms with van der Waals surface area (Å²) in [5.74, 6) is -2.94. The van der Waals surface area contributed by atoms with E-state index in [9.17, 15) is 18.8 Å². The second-order valence-electron chi connectivity index (χ2n) is 4.09. The third-order valence-corrected chi connectivity index (χ3v) is 2.47. The molecule has 0 aliphatic carbocycles. The fraction of sp³-hybridized carbons (Fsp3) is 0.250. The number of aryl methyl sites for hydroxylation is 1. The molecule has 0 aromatic heterocycles. The summed E-state index contributed by atoms with van der Waals surface area (Å²) in [6.45, 7) is 1.58. The Hall–Kier alpha value is -2.64. The number of carboxylic acid groups (broad SMARTS) is 1. The molecule has 0 bridgehead atoms. The summed E-state index contributed by atoms with van der Waals surface area (Å²) in [5.41, 5.74) is 5.29. The second-order valence-corrected chi connectivity index (χ2v) is 4.09. The first-order valence-electron chi connectivity index (χ1n) is 5.65. The first-order valence-corrected chi connectivity index (χ1v) is 5.65. The molecule has 0 fully saturated rings. The van der Waals surface area contributed by atoms with Gasteiger partial charge in [0.25, 0.3) is 0 Å². The fourth-order valence-electron chi connectivity index (χ4n) is 1.50. The highest BCUT2D eigenvalue weighted by atomic mass is 19.1. The van der Waals surface area contributed by atoms with Crippen LogP contribution in [0.4, 0.5) is 14.9 Å². The number of nitrogens with two attached hydrogens (primary N) is 1. The van der Waals surface area contributed by atoms with Crippen LogP contribution in [0.5, 0.6) is 0 Å². The highest BCUT2D eigenvalue weighted by Crippen LogP contribution is 2.18. The predicted molar refractivity (Wildman–Crippen MR) is 68.5 cm³/mol. The van der Waals surface area contributed by atoms with E-state index in [1.54, 1.807) is 13.0 Å². The van der Waals surface area contributed by atoms with E-state index < -0.39 is 36.2 Å². The number of aliphatic carboxylic acids is 1. The SMILES string of the molecule is Cc1cccc(F)c1NC(=O)NC(CC(N)=O)C(=O)O. The molecule has 0 radical (unpaired) electrons. The van der Waals surface area contributed by atoms with Gasteiger partial charge in [-0.2, -0.15) is 0 Å². The third-order valence-electron chi connectivity index (χ3n) is 2.47. The number of rotatable bonds is 5. The Morgan fingerprint density at radius 2 is 2.05 bits per heavy atom. The molecule has 0 heterocycles. The van der Waals surface area contributed by atoms with E-state index in [-0.39, 0.29) is 5.69 Å². The minimum absolute atomic E-state index is 0.0618. The van der Waals surface area contributed by atoms with Crippen molar-refractivity contribution in [1.29, 1.82) is 0 Å². The number of urea groups is 1. The molecule has 108 valence electrons. The van der Waals surface area contributed by atoms with Crippen LogP contribution in [0.25, 0.3) is 0 Å². The molecular weight excluding hydrogens is 269 g/mol. The van der Waals surface area contributed by atoms with Gasteiger partial charge in [0.15, 0.2) is 0 Å². The molecule has 5 N–H and O–H groups in total. The molecule has 1 rings (SSSR count). The summed E-state index contributed by atoms with van der Waals surface area (Å²) in [6.07, 6.45) is -0.557. The van der Waals surface area contributed by atoms with Gasteiger partial charge in [0.1, 0.15) is 11.9 Å². The van der Waals surface area contributed by atoms with Crippen molar-refractivity contribution in [2.75, 3.05) is 5.32 Å². The number of carboxylic acids is 1. The van der Waals surface area contributed by atoms with E-state index in [2.05, 4.69) is 5.32 Å². The number of primary amides is 1. The fourth-order valence-corrected chi connectivity index (χ4v) is 1.50. The Morgan fingerprint density at radius 1 is 1.40 bits per heavy atom. The second kappa shape index (κ2) is 6.50. The highest BCUT2D eigenvalue weighted by Gasteiger charge is 2.22. The standard InChI is InChI=1S/C12H14FN3O4/c1-6-3-2-4-7(13)10(6)16-12(20)15-8(11(18)19)5-9(14)17/h2-4,8H,5H2,1H3,(H2,14,17)(H,18,19)(H2,15,16,20). The Bertz CT molecular complexity index is 527. The van der Waals surface area contributed by atoms with Crippen LogP contribution in [0.3, 0.4) is 0 Å². The van der Waals surface area contributed by atoms with Gasteiger partial charge >= 0.3 is 12.0 Å². The van der Waals surface area contributed by atoms with E-state index in [4.69, 9.17) is 10.8 Å². The maximum Gasteiger partial charge on any atom is 0.326 e. The molecule has 7 nitrogen and oxygen atoms in total. The average molecular weight is 283 g/mol. The van der Waals surface area contributed by atoms with Gasteiger partial charge in [-0.1, -0.05) is 12.1 Å². The predicted octanol–water partition coefficient (Wildman–Crippen LogP) is 0.584. The quantitative estimate of drug-likeness (QED) is 0.631. The zero-order valence-electron chi connectivity index (χ0n) is 10.6. The molecule has 0 saturated carbocycles. The molecule has 1 aromatic carbocycles. The number of halogens is 1. The summed E-state index contributed by atoms with van der Waals surface area (Å²) in [5, 5.41) is 13.1. The lowest BCUT2D eigenvalue weighted by atomic mass is 10.2. The number of benzene rings is 1. The van der Waals surface area contributed by atoms with Crippen molar-refractivity contribution in [3.63, 3.8) is 0 Å². The Balaban J connectivity index is 2.76. The third kappa shape index (κ3) is 4.23. The Kier molecular flexibility index (Phi) is 5.01. The number of para-hydroxylation sites is 1. The number of hydrogen-bond donors (Lipinski definition) is 4. The van der Waals surface area contributed by atoms with E-state index in [0.717, 1.165) is 6.07 Å². The summed E-state index contributed by atoms with van der Waals surface area (Å²) in [7, 11) is 0. The maximum absolute atomic E-state index is 13.5. The number of carbonyl (C=O) groups excluding carboxylic acids is 2. The molecule has 8 heteroatoms. The molecule has 1 atom stereocenters. The van der Waals surface area contributed by atoms with Gasteiger partial charge in [0.2, 0.25) is 5.91 Å². The smallest absolute Gasteiger partial charge is 0.326 e. The van der Waals surface area contributed by atoms with E-state index in [1.807, 2.05) is 5.32 Å². The van der Waals surface area contributed by atoms with Crippen LogP contribution in [0.15, 0.2) is 18.2 Å².